The van der Waals surface area contributed by atoms with Crippen molar-refractivity contribution in [3.05, 3.63) is 57.6 Å². The highest BCUT2D eigenvalue weighted by molar-refractivity contribution is 5.96. The van der Waals surface area contributed by atoms with Gasteiger partial charge in [-0.3, -0.25) is 14.9 Å². The van der Waals surface area contributed by atoms with E-state index in [1.165, 1.54) is 26.2 Å². The molecule has 2 rings (SSSR count). The van der Waals surface area contributed by atoms with E-state index in [0.29, 0.717) is 5.75 Å². The number of non-ortho nitro benzene ring substituents is 1. The van der Waals surface area contributed by atoms with Gasteiger partial charge in [-0.25, -0.2) is 4.79 Å². The summed E-state index contributed by atoms with van der Waals surface area (Å²) in [6.07, 6.45) is -1.14. The van der Waals surface area contributed by atoms with Crippen molar-refractivity contribution in [1.82, 2.24) is 0 Å². The standard InChI is InChI=1S/C20H22N2O7/c1-12-5-7-16(9-13(12)2)28-11-19(23)29-14(3)20(24)21-17-10-15(22(25)26)6-8-18(17)27-4/h5-10,14H,11H2,1-4H3,(H,21,24)/t14-/m0/s1. The van der Waals surface area contributed by atoms with Crippen molar-refractivity contribution < 1.29 is 28.7 Å². The third kappa shape index (κ3) is 5.93. The van der Waals surface area contributed by atoms with Crippen LogP contribution in [0.3, 0.4) is 0 Å². The first kappa shape index (κ1) is 21.7. The van der Waals surface area contributed by atoms with E-state index in [4.69, 9.17) is 14.2 Å². The summed E-state index contributed by atoms with van der Waals surface area (Å²) < 4.78 is 15.5. The third-order valence-corrected chi connectivity index (χ3v) is 4.16. The fourth-order valence-corrected chi connectivity index (χ4v) is 2.37. The summed E-state index contributed by atoms with van der Waals surface area (Å²) in [6, 6.07) is 9.18. The van der Waals surface area contributed by atoms with Gasteiger partial charge in [0.25, 0.3) is 11.6 Å². The van der Waals surface area contributed by atoms with Crippen LogP contribution in [0.1, 0.15) is 18.1 Å². The van der Waals surface area contributed by atoms with Crippen molar-refractivity contribution in [2.24, 2.45) is 0 Å². The summed E-state index contributed by atoms with van der Waals surface area (Å²) in [7, 11) is 1.37. The van der Waals surface area contributed by atoms with Gasteiger partial charge in [-0.2, -0.15) is 0 Å². The number of esters is 1. The maximum absolute atomic E-state index is 12.3. The Hall–Kier alpha value is -3.62. The Morgan fingerprint density at radius 3 is 2.48 bits per heavy atom. The zero-order valence-electron chi connectivity index (χ0n) is 16.6. The van der Waals surface area contributed by atoms with Gasteiger partial charge in [0.2, 0.25) is 0 Å². The molecule has 154 valence electrons. The van der Waals surface area contributed by atoms with Crippen LogP contribution in [0.25, 0.3) is 0 Å². The molecule has 0 aliphatic heterocycles. The first-order valence-electron chi connectivity index (χ1n) is 8.74. The van der Waals surface area contributed by atoms with Crippen molar-refractivity contribution in [3.63, 3.8) is 0 Å². The van der Waals surface area contributed by atoms with Crippen molar-refractivity contribution in [2.45, 2.75) is 26.9 Å². The van der Waals surface area contributed by atoms with E-state index >= 15 is 0 Å². The molecular formula is C20H22N2O7. The number of carbonyl (C=O) groups is 2. The van der Waals surface area contributed by atoms with Gasteiger partial charge in [-0.15, -0.1) is 0 Å². The van der Waals surface area contributed by atoms with Crippen LogP contribution in [0.4, 0.5) is 11.4 Å². The Labute approximate surface area is 167 Å². The van der Waals surface area contributed by atoms with E-state index in [0.717, 1.165) is 17.2 Å². The van der Waals surface area contributed by atoms with Gasteiger partial charge >= 0.3 is 5.97 Å². The van der Waals surface area contributed by atoms with Crippen LogP contribution in [0.15, 0.2) is 36.4 Å². The van der Waals surface area contributed by atoms with Crippen LogP contribution in [-0.2, 0) is 14.3 Å². The number of aryl methyl sites for hydroxylation is 2. The Morgan fingerprint density at radius 2 is 1.86 bits per heavy atom. The normalized spacial score (nSPS) is 11.3. The average molecular weight is 402 g/mol. The van der Waals surface area contributed by atoms with Gasteiger partial charge in [0.05, 0.1) is 17.7 Å². The monoisotopic (exact) mass is 402 g/mol. The van der Waals surface area contributed by atoms with Crippen LogP contribution in [0.2, 0.25) is 0 Å². The number of ether oxygens (including phenoxy) is 3. The largest absolute Gasteiger partial charge is 0.495 e. The van der Waals surface area contributed by atoms with Gasteiger partial charge in [0.15, 0.2) is 12.7 Å². The smallest absolute Gasteiger partial charge is 0.344 e. The van der Waals surface area contributed by atoms with E-state index in [1.54, 1.807) is 12.1 Å². The number of carbonyl (C=O) groups excluding carboxylic acids is 2. The topological polar surface area (TPSA) is 117 Å². The number of anilines is 1. The molecule has 2 aromatic rings. The summed E-state index contributed by atoms with van der Waals surface area (Å²) in [5, 5.41) is 13.4. The summed E-state index contributed by atoms with van der Waals surface area (Å²) in [5.41, 5.74) is 2.00. The molecule has 0 saturated heterocycles. The fourth-order valence-electron chi connectivity index (χ4n) is 2.37. The van der Waals surface area contributed by atoms with Crippen molar-refractivity contribution >= 4 is 23.3 Å². The molecule has 0 saturated carbocycles. The molecule has 9 nitrogen and oxygen atoms in total. The number of rotatable bonds is 8. The number of nitro groups is 1. The quantitative estimate of drug-likeness (QED) is 0.409. The number of amides is 1. The predicted octanol–water partition coefficient (Wildman–Crippen LogP) is 3.17. The maximum Gasteiger partial charge on any atom is 0.344 e. The number of nitro benzene ring substituents is 1. The minimum absolute atomic E-state index is 0.0981. The van der Waals surface area contributed by atoms with Crippen molar-refractivity contribution in [2.75, 3.05) is 19.0 Å². The second-order valence-corrected chi connectivity index (χ2v) is 6.30. The van der Waals surface area contributed by atoms with Crippen LogP contribution in [0, 0.1) is 24.0 Å². The molecule has 0 heterocycles. The highest BCUT2D eigenvalue weighted by Crippen LogP contribution is 2.29. The minimum atomic E-state index is -1.14. The van der Waals surface area contributed by atoms with Crippen LogP contribution >= 0.6 is 0 Å². The van der Waals surface area contributed by atoms with Gasteiger partial charge in [0, 0.05) is 12.1 Å². The number of hydrogen-bond donors (Lipinski definition) is 1. The lowest BCUT2D eigenvalue weighted by atomic mass is 10.1. The Morgan fingerprint density at radius 1 is 1.14 bits per heavy atom. The van der Waals surface area contributed by atoms with Gasteiger partial charge in [0.1, 0.15) is 11.5 Å². The lowest BCUT2D eigenvalue weighted by Gasteiger charge is -2.15. The van der Waals surface area contributed by atoms with Gasteiger partial charge in [-0.05, 0) is 50.1 Å². The number of nitrogens with one attached hydrogen (secondary N) is 1. The van der Waals surface area contributed by atoms with Crippen LogP contribution in [-0.4, -0.2) is 36.6 Å². The highest BCUT2D eigenvalue weighted by atomic mass is 16.6. The number of hydrogen-bond acceptors (Lipinski definition) is 7. The van der Waals surface area contributed by atoms with Gasteiger partial charge in [-0.1, -0.05) is 6.07 Å². The molecule has 0 fully saturated rings. The Balaban J connectivity index is 1.94. The zero-order chi connectivity index (χ0) is 21.6. The Bertz CT molecular complexity index is 927. The molecule has 0 bridgehead atoms. The maximum atomic E-state index is 12.3. The van der Waals surface area contributed by atoms with E-state index in [9.17, 15) is 19.7 Å². The molecule has 1 amide bonds. The highest BCUT2D eigenvalue weighted by Gasteiger charge is 2.21. The molecule has 2 aromatic carbocycles. The lowest BCUT2D eigenvalue weighted by Crippen LogP contribution is -2.31. The van der Waals surface area contributed by atoms with Crippen molar-refractivity contribution in [1.29, 1.82) is 0 Å². The van der Waals surface area contributed by atoms with E-state index in [-0.39, 0.29) is 23.7 Å². The summed E-state index contributed by atoms with van der Waals surface area (Å²) in [6.45, 7) is 4.91. The summed E-state index contributed by atoms with van der Waals surface area (Å²) in [5.74, 6) is -0.635. The summed E-state index contributed by atoms with van der Waals surface area (Å²) >= 11 is 0. The van der Waals surface area contributed by atoms with Crippen LogP contribution < -0.4 is 14.8 Å². The minimum Gasteiger partial charge on any atom is -0.495 e. The number of benzene rings is 2. The molecule has 1 N–H and O–H groups in total. The second kappa shape index (κ2) is 9.54. The molecule has 0 aliphatic rings. The first-order valence-corrected chi connectivity index (χ1v) is 8.74. The Kier molecular flexibility index (Phi) is 7.13. The number of methoxy groups -OCH3 is 1. The van der Waals surface area contributed by atoms with E-state index in [2.05, 4.69) is 5.32 Å². The van der Waals surface area contributed by atoms with Crippen molar-refractivity contribution in [3.8, 4) is 11.5 Å². The molecule has 9 heteroatoms. The van der Waals surface area contributed by atoms with Crippen LogP contribution in [0.5, 0.6) is 11.5 Å². The summed E-state index contributed by atoms with van der Waals surface area (Å²) in [4.78, 5) is 34.6. The van der Waals surface area contributed by atoms with Gasteiger partial charge < -0.3 is 19.5 Å². The molecule has 0 unspecified atom stereocenters. The predicted molar refractivity (Wildman–Crippen MR) is 105 cm³/mol. The van der Waals surface area contributed by atoms with E-state index in [1.807, 2.05) is 19.9 Å². The molecule has 1 atom stereocenters. The van der Waals surface area contributed by atoms with E-state index < -0.39 is 22.9 Å². The number of nitrogens with zero attached hydrogens (tertiary/aromatic N) is 1. The SMILES string of the molecule is COc1ccc([N+](=O)[O-])cc1NC(=O)[C@H](C)OC(=O)COc1ccc(C)c(C)c1. The fraction of sp³-hybridized carbons (Fsp3) is 0.300. The molecule has 0 spiro atoms. The molecular weight excluding hydrogens is 380 g/mol. The second-order valence-electron chi connectivity index (χ2n) is 6.30. The average Bonchev–Trinajstić information content (AvgIpc) is 2.68. The molecule has 0 aliphatic carbocycles. The molecule has 29 heavy (non-hydrogen) atoms. The molecule has 0 aromatic heterocycles. The first-order chi connectivity index (χ1) is 13.7. The molecule has 0 radical (unpaired) electrons. The zero-order valence-corrected chi connectivity index (χ0v) is 16.6. The third-order valence-electron chi connectivity index (χ3n) is 4.16. The lowest BCUT2D eigenvalue weighted by molar-refractivity contribution is -0.384.